The molecule has 0 saturated carbocycles. The zero-order valence-electron chi connectivity index (χ0n) is 10.7. The maximum atomic E-state index is 5.68. The maximum absolute atomic E-state index is 5.68. The van der Waals surface area contributed by atoms with Gasteiger partial charge in [-0.25, -0.2) is 0 Å². The van der Waals surface area contributed by atoms with Crippen LogP contribution in [0, 0.1) is 10.8 Å². The summed E-state index contributed by atoms with van der Waals surface area (Å²) in [6, 6.07) is 0. The average molecular weight is 198 g/mol. The number of hydrogen-bond acceptors (Lipinski definition) is 1. The van der Waals surface area contributed by atoms with Crippen LogP contribution in [-0.4, -0.2) is 13.2 Å². The molecule has 0 aromatic rings. The lowest BCUT2D eigenvalue weighted by Crippen LogP contribution is -2.34. The van der Waals surface area contributed by atoms with Gasteiger partial charge in [-0.2, -0.15) is 0 Å². The van der Waals surface area contributed by atoms with Crippen molar-refractivity contribution in [1.82, 2.24) is 0 Å². The Morgan fingerprint density at radius 2 is 1.64 bits per heavy atom. The second kappa shape index (κ2) is 4.97. The molecular weight excluding hydrogens is 172 g/mol. The van der Waals surface area contributed by atoms with E-state index in [2.05, 4.69) is 48.1 Å². The van der Waals surface area contributed by atoms with Crippen molar-refractivity contribution in [1.29, 1.82) is 0 Å². The van der Waals surface area contributed by atoms with Crippen LogP contribution in [0.3, 0.4) is 0 Å². The number of ether oxygens (including phenoxy) is 1. The first kappa shape index (κ1) is 13.7. The first-order chi connectivity index (χ1) is 6.20. The predicted octanol–water partition coefficient (Wildman–Crippen LogP) is 4.04. The summed E-state index contributed by atoms with van der Waals surface area (Å²) in [5, 5.41) is 0. The van der Waals surface area contributed by atoms with Crippen LogP contribution in [0.15, 0.2) is 12.2 Å². The van der Waals surface area contributed by atoms with Gasteiger partial charge in [-0.15, -0.1) is 0 Å². The van der Waals surface area contributed by atoms with Gasteiger partial charge in [-0.3, -0.25) is 0 Å². The molecule has 0 atom stereocenters. The third-order valence-electron chi connectivity index (χ3n) is 3.30. The molecule has 0 rings (SSSR count). The molecular formula is C13H26O. The van der Waals surface area contributed by atoms with Crippen LogP contribution in [0.4, 0.5) is 0 Å². The largest absolute Gasteiger partial charge is 0.377 e. The third-order valence-corrected chi connectivity index (χ3v) is 3.30. The molecule has 0 amide bonds. The Balaban J connectivity index is 3.95. The highest BCUT2D eigenvalue weighted by Gasteiger charge is 2.32. The van der Waals surface area contributed by atoms with Gasteiger partial charge < -0.3 is 4.74 Å². The van der Waals surface area contributed by atoms with E-state index in [9.17, 15) is 0 Å². The van der Waals surface area contributed by atoms with Crippen molar-refractivity contribution in [2.24, 2.45) is 10.8 Å². The molecule has 0 heterocycles. The van der Waals surface area contributed by atoms with Crippen LogP contribution < -0.4 is 0 Å². The van der Waals surface area contributed by atoms with Crippen LogP contribution in [-0.2, 0) is 4.74 Å². The van der Waals surface area contributed by atoms with Crippen LogP contribution in [0.2, 0.25) is 0 Å². The van der Waals surface area contributed by atoms with Crippen molar-refractivity contribution in [2.45, 2.75) is 48.0 Å². The van der Waals surface area contributed by atoms with Crippen LogP contribution in [0.25, 0.3) is 0 Å². The fourth-order valence-electron chi connectivity index (χ4n) is 0.769. The van der Waals surface area contributed by atoms with Gasteiger partial charge in [0.25, 0.3) is 0 Å². The highest BCUT2D eigenvalue weighted by Crippen LogP contribution is 2.37. The minimum atomic E-state index is 0.209. The molecule has 0 saturated heterocycles. The summed E-state index contributed by atoms with van der Waals surface area (Å²) < 4.78 is 5.68. The van der Waals surface area contributed by atoms with Crippen LogP contribution >= 0.6 is 0 Å². The zero-order chi connectivity index (χ0) is 11.4. The molecule has 0 aliphatic heterocycles. The normalized spacial score (nSPS) is 13.0. The van der Waals surface area contributed by atoms with E-state index >= 15 is 0 Å². The van der Waals surface area contributed by atoms with Crippen molar-refractivity contribution in [3.63, 3.8) is 0 Å². The standard InChI is InChI=1S/C13H26O/c1-8-11(2)9-14-10-13(6,7)12(3,4)5/h2,8-10H2,1,3-7H3. The lowest BCUT2D eigenvalue weighted by molar-refractivity contribution is 0.00752. The Labute approximate surface area is 89.5 Å². The second-order valence-corrected chi connectivity index (χ2v) is 5.73. The van der Waals surface area contributed by atoms with Gasteiger partial charge in [-0.05, 0) is 17.3 Å². The molecule has 0 spiro atoms. The molecule has 1 nitrogen and oxygen atoms in total. The van der Waals surface area contributed by atoms with E-state index in [4.69, 9.17) is 4.74 Å². The Morgan fingerprint density at radius 3 is 2.00 bits per heavy atom. The molecule has 0 aromatic carbocycles. The zero-order valence-corrected chi connectivity index (χ0v) is 10.7. The Kier molecular flexibility index (Phi) is 4.87. The van der Waals surface area contributed by atoms with Gasteiger partial charge in [0.15, 0.2) is 0 Å². The summed E-state index contributed by atoms with van der Waals surface area (Å²) in [5.74, 6) is 0. The van der Waals surface area contributed by atoms with Gasteiger partial charge in [-0.1, -0.05) is 53.7 Å². The van der Waals surface area contributed by atoms with Crippen molar-refractivity contribution < 1.29 is 4.74 Å². The summed E-state index contributed by atoms with van der Waals surface area (Å²) >= 11 is 0. The van der Waals surface area contributed by atoms with E-state index in [0.717, 1.165) is 13.0 Å². The third kappa shape index (κ3) is 4.28. The second-order valence-electron chi connectivity index (χ2n) is 5.73. The highest BCUT2D eigenvalue weighted by atomic mass is 16.5. The Morgan fingerprint density at radius 1 is 1.14 bits per heavy atom. The fraction of sp³-hybridized carbons (Fsp3) is 0.846. The summed E-state index contributed by atoms with van der Waals surface area (Å²) in [6.07, 6.45) is 1.01. The quantitative estimate of drug-likeness (QED) is 0.606. The topological polar surface area (TPSA) is 9.23 Å². The molecule has 1 heteroatoms. The minimum absolute atomic E-state index is 0.209. The van der Waals surface area contributed by atoms with E-state index in [1.165, 1.54) is 5.57 Å². The van der Waals surface area contributed by atoms with Gasteiger partial charge >= 0.3 is 0 Å². The fourth-order valence-corrected chi connectivity index (χ4v) is 0.769. The first-order valence-corrected chi connectivity index (χ1v) is 5.45. The van der Waals surface area contributed by atoms with Crippen molar-refractivity contribution >= 4 is 0 Å². The molecule has 0 unspecified atom stereocenters. The Bertz CT molecular complexity index is 184. The van der Waals surface area contributed by atoms with Crippen molar-refractivity contribution in [2.75, 3.05) is 13.2 Å². The minimum Gasteiger partial charge on any atom is -0.377 e. The SMILES string of the molecule is C=C(CC)COCC(C)(C)C(C)(C)C. The van der Waals surface area contributed by atoms with Crippen molar-refractivity contribution in [3.8, 4) is 0 Å². The summed E-state index contributed by atoms with van der Waals surface area (Å²) in [7, 11) is 0. The molecule has 0 fully saturated rings. The summed E-state index contributed by atoms with van der Waals surface area (Å²) in [5.41, 5.74) is 1.66. The molecule has 0 radical (unpaired) electrons. The van der Waals surface area contributed by atoms with E-state index in [0.29, 0.717) is 6.61 Å². The monoisotopic (exact) mass is 198 g/mol. The van der Waals surface area contributed by atoms with Gasteiger partial charge in [0.05, 0.1) is 13.2 Å². The van der Waals surface area contributed by atoms with Crippen LogP contribution in [0.1, 0.15) is 48.0 Å². The molecule has 0 aromatic heterocycles. The lowest BCUT2D eigenvalue weighted by Gasteiger charge is -2.38. The number of hydrogen-bond donors (Lipinski definition) is 0. The average Bonchev–Trinajstić information content (AvgIpc) is 2.01. The van der Waals surface area contributed by atoms with Crippen molar-refractivity contribution in [3.05, 3.63) is 12.2 Å². The molecule has 0 aliphatic rings. The van der Waals surface area contributed by atoms with Gasteiger partial charge in [0.2, 0.25) is 0 Å². The van der Waals surface area contributed by atoms with E-state index in [-0.39, 0.29) is 10.8 Å². The summed E-state index contributed by atoms with van der Waals surface area (Å²) in [6.45, 7) is 18.8. The predicted molar refractivity (Wildman–Crippen MR) is 63.5 cm³/mol. The van der Waals surface area contributed by atoms with Gasteiger partial charge in [0.1, 0.15) is 0 Å². The Hall–Kier alpha value is -0.300. The number of rotatable bonds is 5. The molecule has 0 bridgehead atoms. The molecule has 0 aliphatic carbocycles. The summed E-state index contributed by atoms with van der Waals surface area (Å²) in [4.78, 5) is 0. The van der Waals surface area contributed by atoms with E-state index in [1.807, 2.05) is 0 Å². The molecule has 0 N–H and O–H groups in total. The lowest BCUT2D eigenvalue weighted by atomic mass is 9.70. The highest BCUT2D eigenvalue weighted by molar-refractivity contribution is 4.92. The van der Waals surface area contributed by atoms with E-state index < -0.39 is 0 Å². The first-order valence-electron chi connectivity index (χ1n) is 5.45. The maximum Gasteiger partial charge on any atom is 0.0674 e. The van der Waals surface area contributed by atoms with Crippen LogP contribution in [0.5, 0.6) is 0 Å². The molecule has 14 heavy (non-hydrogen) atoms. The van der Waals surface area contributed by atoms with Gasteiger partial charge in [0, 0.05) is 0 Å². The van der Waals surface area contributed by atoms with E-state index in [1.54, 1.807) is 0 Å². The molecule has 84 valence electrons. The smallest absolute Gasteiger partial charge is 0.0674 e.